The molecule has 1 N–H and O–H groups in total. The highest BCUT2D eigenvalue weighted by molar-refractivity contribution is 5.90. The molecule has 1 fully saturated rings. The number of fused-ring (bicyclic) bond motifs is 1. The lowest BCUT2D eigenvalue weighted by atomic mass is 9.92. The molecular weight excluding hydrogens is 369 g/mol. The number of hydrogen-bond donors (Lipinski definition) is 1. The van der Waals surface area contributed by atoms with Crippen molar-refractivity contribution >= 4 is 22.9 Å². The van der Waals surface area contributed by atoms with E-state index in [1.54, 1.807) is 18.2 Å². The first kappa shape index (κ1) is 20.3. The molecule has 0 radical (unpaired) electrons. The van der Waals surface area contributed by atoms with Crippen LogP contribution in [0.1, 0.15) is 42.5 Å². The molecule has 3 rings (SSSR count). The van der Waals surface area contributed by atoms with Gasteiger partial charge in [0.2, 0.25) is 0 Å². The Hall–Kier alpha value is -2.41. The minimum Gasteiger partial charge on any atom is -0.481 e. The van der Waals surface area contributed by atoms with Crippen LogP contribution in [0.2, 0.25) is 0 Å². The first-order valence-electron chi connectivity index (χ1n) is 9.29. The van der Waals surface area contributed by atoms with Crippen molar-refractivity contribution in [2.75, 3.05) is 19.6 Å². The van der Waals surface area contributed by atoms with E-state index in [2.05, 4.69) is 16.5 Å². The predicted molar refractivity (Wildman–Crippen MR) is 102 cm³/mol. The summed E-state index contributed by atoms with van der Waals surface area (Å²) in [5.41, 5.74) is 0.570. The van der Waals surface area contributed by atoms with Crippen LogP contribution >= 0.6 is 0 Å². The van der Waals surface area contributed by atoms with Crippen molar-refractivity contribution in [3.63, 3.8) is 0 Å². The number of carboxylic acid groups (broad SMARTS) is 1. The topological polar surface area (TPSA) is 53.4 Å². The average Bonchev–Trinajstić information content (AvgIpc) is 2.66. The Kier molecular flexibility index (Phi) is 5.74. The summed E-state index contributed by atoms with van der Waals surface area (Å²) >= 11 is 0. The second kappa shape index (κ2) is 7.91. The van der Waals surface area contributed by atoms with Gasteiger partial charge in [-0.3, -0.25) is 4.79 Å². The van der Waals surface area contributed by atoms with Crippen molar-refractivity contribution in [1.82, 2.24) is 9.88 Å². The molecule has 4 nitrogen and oxygen atoms in total. The van der Waals surface area contributed by atoms with E-state index in [1.807, 2.05) is 6.92 Å². The van der Waals surface area contributed by atoms with Gasteiger partial charge in [-0.25, -0.2) is 4.98 Å². The summed E-state index contributed by atoms with van der Waals surface area (Å²) in [6.45, 7) is 7.42. The number of nitrogens with zero attached hydrogens (tertiary/aromatic N) is 2. The monoisotopic (exact) mass is 392 g/mol. The summed E-state index contributed by atoms with van der Waals surface area (Å²) in [6, 6.07) is 6.43. The van der Waals surface area contributed by atoms with E-state index in [-0.39, 0.29) is 11.8 Å². The zero-order valence-electron chi connectivity index (χ0n) is 15.7. The molecule has 0 bridgehead atoms. The molecule has 7 heteroatoms. The summed E-state index contributed by atoms with van der Waals surface area (Å²) in [5.74, 6) is -1.27. The highest BCUT2D eigenvalue weighted by Gasteiger charge is 2.34. The molecular formula is C21H23F3N2O2. The van der Waals surface area contributed by atoms with E-state index < -0.39 is 17.8 Å². The number of likely N-dealkylation sites (tertiary alicyclic amines) is 1. The van der Waals surface area contributed by atoms with Crippen molar-refractivity contribution in [3.8, 4) is 0 Å². The SMILES string of the molecule is C=Cc1cccc2c(C(C)CN3CCC(C(=O)O)CC3)cc(C(F)(F)F)nc12. The highest BCUT2D eigenvalue weighted by atomic mass is 19.4. The Morgan fingerprint density at radius 2 is 2.07 bits per heavy atom. The number of carbonyl (C=O) groups is 1. The lowest BCUT2D eigenvalue weighted by Gasteiger charge is -2.32. The van der Waals surface area contributed by atoms with Crippen LogP contribution in [0, 0.1) is 5.92 Å². The number of rotatable bonds is 5. The third kappa shape index (κ3) is 4.19. The Bertz CT molecular complexity index is 887. The minimum absolute atomic E-state index is 0.159. The van der Waals surface area contributed by atoms with E-state index in [9.17, 15) is 18.0 Å². The normalized spacial score (nSPS) is 17.6. The molecule has 2 aromatic rings. The van der Waals surface area contributed by atoms with Crippen molar-refractivity contribution in [3.05, 3.63) is 47.7 Å². The maximum Gasteiger partial charge on any atom is 0.433 e. The van der Waals surface area contributed by atoms with Gasteiger partial charge in [0, 0.05) is 17.5 Å². The lowest BCUT2D eigenvalue weighted by Crippen LogP contribution is -2.38. The zero-order chi connectivity index (χ0) is 20.5. The van der Waals surface area contributed by atoms with Gasteiger partial charge in [0.25, 0.3) is 0 Å². The van der Waals surface area contributed by atoms with Crippen molar-refractivity contribution in [2.45, 2.75) is 31.9 Å². The van der Waals surface area contributed by atoms with Gasteiger partial charge in [0.1, 0.15) is 5.69 Å². The number of para-hydroxylation sites is 1. The molecule has 1 saturated heterocycles. The maximum atomic E-state index is 13.4. The first-order valence-corrected chi connectivity index (χ1v) is 9.29. The van der Waals surface area contributed by atoms with Crippen LogP contribution in [-0.2, 0) is 11.0 Å². The molecule has 1 aliphatic heterocycles. The molecule has 150 valence electrons. The van der Waals surface area contributed by atoms with Crippen molar-refractivity contribution in [1.29, 1.82) is 0 Å². The molecule has 0 amide bonds. The van der Waals surface area contributed by atoms with Gasteiger partial charge >= 0.3 is 12.1 Å². The molecule has 1 unspecified atom stereocenters. The molecule has 2 heterocycles. The smallest absolute Gasteiger partial charge is 0.433 e. The van der Waals surface area contributed by atoms with Crippen LogP contribution in [0.4, 0.5) is 13.2 Å². The zero-order valence-corrected chi connectivity index (χ0v) is 15.7. The number of benzene rings is 1. The van der Waals surface area contributed by atoms with Crippen LogP contribution in [-0.4, -0.2) is 40.6 Å². The van der Waals surface area contributed by atoms with E-state index in [0.29, 0.717) is 54.5 Å². The van der Waals surface area contributed by atoms with Gasteiger partial charge in [-0.05, 0) is 43.5 Å². The second-order valence-corrected chi connectivity index (χ2v) is 7.36. The van der Waals surface area contributed by atoms with E-state index in [0.717, 1.165) is 6.07 Å². The fourth-order valence-corrected chi connectivity index (χ4v) is 3.86. The van der Waals surface area contributed by atoms with Gasteiger partial charge in [-0.2, -0.15) is 13.2 Å². The van der Waals surface area contributed by atoms with Gasteiger partial charge in [-0.15, -0.1) is 0 Å². The number of aliphatic carboxylic acids is 1. The summed E-state index contributed by atoms with van der Waals surface area (Å²) in [5, 5.41) is 9.81. The largest absolute Gasteiger partial charge is 0.481 e. The van der Waals surface area contributed by atoms with Crippen LogP contribution in [0.3, 0.4) is 0 Å². The third-order valence-electron chi connectivity index (χ3n) is 5.41. The van der Waals surface area contributed by atoms with E-state index >= 15 is 0 Å². The van der Waals surface area contributed by atoms with Crippen LogP contribution in [0.15, 0.2) is 30.8 Å². The highest BCUT2D eigenvalue weighted by Crippen LogP contribution is 2.35. The summed E-state index contributed by atoms with van der Waals surface area (Å²) in [6.07, 6.45) is -1.89. The number of halogens is 3. The standard InChI is InChI=1S/C21H23F3N2O2/c1-3-14-5-4-6-16-17(11-18(21(22,23)24)25-19(14)16)13(2)12-26-9-7-15(8-10-26)20(27)28/h3-6,11,13,15H,1,7-10,12H2,2H3,(H,27,28). The lowest BCUT2D eigenvalue weighted by molar-refractivity contribution is -0.143. The predicted octanol–water partition coefficient (Wildman–Crippen LogP) is 4.80. The van der Waals surface area contributed by atoms with Crippen molar-refractivity contribution in [2.24, 2.45) is 5.92 Å². The third-order valence-corrected chi connectivity index (χ3v) is 5.41. The van der Waals surface area contributed by atoms with Crippen LogP contribution < -0.4 is 0 Å². The van der Waals surface area contributed by atoms with Gasteiger partial charge in [-0.1, -0.05) is 37.8 Å². The quantitative estimate of drug-likeness (QED) is 0.794. The fourth-order valence-electron chi connectivity index (χ4n) is 3.86. The van der Waals surface area contributed by atoms with E-state index in [4.69, 9.17) is 5.11 Å². The average molecular weight is 392 g/mol. The number of carboxylic acids is 1. The first-order chi connectivity index (χ1) is 13.2. The molecule has 0 saturated carbocycles. The van der Waals surface area contributed by atoms with Gasteiger partial charge < -0.3 is 10.0 Å². The molecule has 1 atom stereocenters. The number of alkyl halides is 3. The summed E-state index contributed by atoms with van der Waals surface area (Å²) < 4.78 is 40.3. The number of aromatic nitrogens is 1. The number of piperidine rings is 1. The summed E-state index contributed by atoms with van der Waals surface area (Å²) in [4.78, 5) is 17.1. The number of pyridine rings is 1. The Labute approximate surface area is 161 Å². The molecule has 1 aliphatic rings. The fraction of sp³-hybridized carbons (Fsp3) is 0.429. The van der Waals surface area contributed by atoms with Gasteiger partial charge in [0.15, 0.2) is 0 Å². The second-order valence-electron chi connectivity index (χ2n) is 7.36. The van der Waals surface area contributed by atoms with Crippen LogP contribution in [0.5, 0.6) is 0 Å². The molecule has 28 heavy (non-hydrogen) atoms. The Balaban J connectivity index is 1.93. The maximum absolute atomic E-state index is 13.4. The molecule has 0 aliphatic carbocycles. The molecule has 1 aromatic heterocycles. The molecule has 1 aromatic carbocycles. The Morgan fingerprint density at radius 1 is 1.39 bits per heavy atom. The van der Waals surface area contributed by atoms with Crippen molar-refractivity contribution < 1.29 is 23.1 Å². The van der Waals surface area contributed by atoms with Gasteiger partial charge in [0.05, 0.1) is 11.4 Å². The molecule has 0 spiro atoms. The number of hydrogen-bond acceptors (Lipinski definition) is 3. The van der Waals surface area contributed by atoms with Crippen LogP contribution in [0.25, 0.3) is 17.0 Å². The minimum atomic E-state index is -4.53. The summed E-state index contributed by atoms with van der Waals surface area (Å²) in [7, 11) is 0. The Morgan fingerprint density at radius 3 is 2.64 bits per heavy atom. The van der Waals surface area contributed by atoms with E-state index in [1.165, 1.54) is 6.08 Å².